The summed E-state index contributed by atoms with van der Waals surface area (Å²) in [6, 6.07) is 18.1. The summed E-state index contributed by atoms with van der Waals surface area (Å²) < 4.78 is 6.81. The molecular formula is C17H14BrNO. The van der Waals surface area contributed by atoms with Crippen LogP contribution in [0.2, 0.25) is 0 Å². The van der Waals surface area contributed by atoms with Crippen molar-refractivity contribution < 1.29 is 4.74 Å². The molecule has 0 amide bonds. The number of hydrogen-bond acceptors (Lipinski definition) is 2. The van der Waals surface area contributed by atoms with Gasteiger partial charge in [-0.15, -0.1) is 0 Å². The predicted molar refractivity (Wildman–Crippen MR) is 87.3 cm³/mol. The average Bonchev–Trinajstić information content (AvgIpc) is 2.44. The highest BCUT2D eigenvalue weighted by atomic mass is 79.9. The summed E-state index contributed by atoms with van der Waals surface area (Å²) in [7, 11) is 0. The minimum absolute atomic E-state index is 0.753. The van der Waals surface area contributed by atoms with E-state index in [1.165, 1.54) is 5.39 Å². The lowest BCUT2D eigenvalue weighted by Gasteiger charge is -2.11. The van der Waals surface area contributed by atoms with Gasteiger partial charge in [0.2, 0.25) is 0 Å². The van der Waals surface area contributed by atoms with Gasteiger partial charge in [-0.05, 0) is 63.5 Å². The van der Waals surface area contributed by atoms with Crippen LogP contribution in [-0.4, -0.2) is 0 Å². The second-order valence-electron chi connectivity index (χ2n) is 4.75. The number of anilines is 1. The molecule has 2 nitrogen and oxygen atoms in total. The molecule has 0 heterocycles. The van der Waals surface area contributed by atoms with E-state index in [2.05, 4.69) is 34.1 Å². The van der Waals surface area contributed by atoms with E-state index in [-0.39, 0.29) is 0 Å². The van der Waals surface area contributed by atoms with Crippen LogP contribution in [-0.2, 0) is 0 Å². The first-order chi connectivity index (χ1) is 9.63. The zero-order chi connectivity index (χ0) is 14.1. The Labute approximate surface area is 126 Å². The molecule has 3 heteroatoms. The van der Waals surface area contributed by atoms with Crippen molar-refractivity contribution in [3.8, 4) is 11.5 Å². The largest absolute Gasteiger partial charge is 0.456 e. The number of hydrogen-bond donors (Lipinski definition) is 1. The van der Waals surface area contributed by atoms with Crippen LogP contribution in [0.25, 0.3) is 10.8 Å². The van der Waals surface area contributed by atoms with Crippen molar-refractivity contribution in [2.45, 2.75) is 6.92 Å². The third kappa shape index (κ3) is 2.49. The summed E-state index contributed by atoms with van der Waals surface area (Å²) in [6.45, 7) is 1.97. The standard InChI is InChI=1S/C17H14BrNO/c1-11-8-17(15(18)10-16(11)19)20-14-7-6-12-4-2-3-5-13(12)9-14/h2-10H,19H2,1H3. The van der Waals surface area contributed by atoms with Crippen molar-refractivity contribution in [3.05, 3.63) is 64.6 Å². The minimum atomic E-state index is 0.753. The molecule has 3 rings (SSSR count). The van der Waals surface area contributed by atoms with Crippen LogP contribution in [0.5, 0.6) is 11.5 Å². The monoisotopic (exact) mass is 327 g/mol. The number of fused-ring (bicyclic) bond motifs is 1. The van der Waals surface area contributed by atoms with E-state index in [9.17, 15) is 0 Å². The third-order valence-corrected chi connectivity index (χ3v) is 3.89. The Kier molecular flexibility index (Phi) is 3.36. The second-order valence-corrected chi connectivity index (χ2v) is 5.60. The summed E-state index contributed by atoms with van der Waals surface area (Å²) in [5, 5.41) is 2.36. The molecule has 0 saturated carbocycles. The minimum Gasteiger partial charge on any atom is -0.456 e. The molecule has 0 atom stereocenters. The third-order valence-electron chi connectivity index (χ3n) is 3.27. The fraction of sp³-hybridized carbons (Fsp3) is 0.0588. The van der Waals surface area contributed by atoms with Gasteiger partial charge in [0.15, 0.2) is 0 Å². The number of rotatable bonds is 2. The molecule has 0 aliphatic heterocycles. The number of nitrogens with two attached hydrogens (primary N) is 1. The highest BCUT2D eigenvalue weighted by Crippen LogP contribution is 2.34. The first-order valence-electron chi connectivity index (χ1n) is 6.36. The fourth-order valence-electron chi connectivity index (χ4n) is 2.11. The molecule has 0 aromatic heterocycles. The van der Waals surface area contributed by atoms with Crippen molar-refractivity contribution in [1.29, 1.82) is 0 Å². The lowest BCUT2D eigenvalue weighted by atomic mass is 10.1. The van der Waals surface area contributed by atoms with Gasteiger partial charge < -0.3 is 10.5 Å². The van der Waals surface area contributed by atoms with E-state index in [1.807, 2.05) is 43.3 Å². The van der Waals surface area contributed by atoms with Gasteiger partial charge in [-0.1, -0.05) is 30.3 Å². The van der Waals surface area contributed by atoms with Gasteiger partial charge in [0.1, 0.15) is 11.5 Å². The quantitative estimate of drug-likeness (QED) is 0.649. The molecule has 3 aromatic carbocycles. The van der Waals surface area contributed by atoms with Crippen molar-refractivity contribution >= 4 is 32.4 Å². The highest BCUT2D eigenvalue weighted by molar-refractivity contribution is 9.10. The van der Waals surface area contributed by atoms with Crippen LogP contribution >= 0.6 is 15.9 Å². The Morgan fingerprint density at radius 3 is 2.50 bits per heavy atom. The molecule has 0 unspecified atom stereocenters. The zero-order valence-electron chi connectivity index (χ0n) is 11.1. The molecule has 20 heavy (non-hydrogen) atoms. The Balaban J connectivity index is 1.99. The highest BCUT2D eigenvalue weighted by Gasteiger charge is 2.06. The molecular weight excluding hydrogens is 314 g/mol. The van der Waals surface area contributed by atoms with Crippen molar-refractivity contribution in [2.24, 2.45) is 0 Å². The topological polar surface area (TPSA) is 35.2 Å². The summed E-state index contributed by atoms with van der Waals surface area (Å²) in [4.78, 5) is 0. The van der Waals surface area contributed by atoms with Crippen LogP contribution in [0.3, 0.4) is 0 Å². The molecule has 0 aliphatic carbocycles. The molecule has 0 spiro atoms. The molecule has 100 valence electrons. The smallest absolute Gasteiger partial charge is 0.142 e. The molecule has 3 aromatic rings. The first kappa shape index (κ1) is 13.0. The molecule has 2 N–H and O–H groups in total. The van der Waals surface area contributed by atoms with Crippen LogP contribution < -0.4 is 10.5 Å². The Hall–Kier alpha value is -2.00. The van der Waals surface area contributed by atoms with Crippen molar-refractivity contribution in [2.75, 3.05) is 5.73 Å². The maximum Gasteiger partial charge on any atom is 0.142 e. The van der Waals surface area contributed by atoms with E-state index < -0.39 is 0 Å². The van der Waals surface area contributed by atoms with Gasteiger partial charge in [-0.3, -0.25) is 0 Å². The predicted octanol–water partition coefficient (Wildman–Crippen LogP) is 5.29. The van der Waals surface area contributed by atoms with Gasteiger partial charge in [0, 0.05) is 5.69 Å². The lowest BCUT2D eigenvalue weighted by Crippen LogP contribution is -1.92. The van der Waals surface area contributed by atoms with Gasteiger partial charge in [-0.2, -0.15) is 0 Å². The Morgan fingerprint density at radius 2 is 1.70 bits per heavy atom. The number of aryl methyl sites for hydroxylation is 1. The van der Waals surface area contributed by atoms with E-state index >= 15 is 0 Å². The summed E-state index contributed by atoms with van der Waals surface area (Å²) >= 11 is 3.48. The normalized spacial score (nSPS) is 10.7. The SMILES string of the molecule is Cc1cc(Oc2ccc3ccccc3c2)c(Br)cc1N. The van der Waals surface area contributed by atoms with Crippen LogP contribution in [0, 0.1) is 6.92 Å². The number of nitrogen functional groups attached to an aromatic ring is 1. The van der Waals surface area contributed by atoms with Gasteiger partial charge in [-0.25, -0.2) is 0 Å². The van der Waals surface area contributed by atoms with Crippen LogP contribution in [0.1, 0.15) is 5.56 Å². The van der Waals surface area contributed by atoms with Crippen LogP contribution in [0.15, 0.2) is 59.1 Å². The van der Waals surface area contributed by atoms with Crippen LogP contribution in [0.4, 0.5) is 5.69 Å². The number of benzene rings is 3. The van der Waals surface area contributed by atoms with E-state index in [4.69, 9.17) is 10.5 Å². The lowest BCUT2D eigenvalue weighted by molar-refractivity contribution is 0.480. The van der Waals surface area contributed by atoms with Gasteiger partial charge >= 0.3 is 0 Å². The second kappa shape index (κ2) is 5.17. The Morgan fingerprint density at radius 1 is 0.950 bits per heavy atom. The summed E-state index contributed by atoms with van der Waals surface area (Å²) in [5.41, 5.74) is 7.63. The fourth-order valence-corrected chi connectivity index (χ4v) is 2.55. The maximum atomic E-state index is 5.95. The average molecular weight is 328 g/mol. The number of ether oxygens (including phenoxy) is 1. The zero-order valence-corrected chi connectivity index (χ0v) is 12.6. The van der Waals surface area contributed by atoms with E-state index in [1.54, 1.807) is 0 Å². The van der Waals surface area contributed by atoms with Crippen molar-refractivity contribution in [1.82, 2.24) is 0 Å². The molecule has 0 bridgehead atoms. The molecule has 0 fully saturated rings. The number of halogens is 1. The van der Waals surface area contributed by atoms with E-state index in [0.717, 1.165) is 32.6 Å². The Bertz CT molecular complexity index is 783. The maximum absolute atomic E-state index is 5.95. The van der Waals surface area contributed by atoms with Gasteiger partial charge in [0.25, 0.3) is 0 Å². The summed E-state index contributed by atoms with van der Waals surface area (Å²) in [5.74, 6) is 1.58. The van der Waals surface area contributed by atoms with E-state index in [0.29, 0.717) is 0 Å². The molecule has 0 radical (unpaired) electrons. The molecule has 0 saturated heterocycles. The summed E-state index contributed by atoms with van der Waals surface area (Å²) in [6.07, 6.45) is 0. The van der Waals surface area contributed by atoms with Gasteiger partial charge in [0.05, 0.1) is 4.47 Å². The molecule has 0 aliphatic rings. The van der Waals surface area contributed by atoms with Crippen molar-refractivity contribution in [3.63, 3.8) is 0 Å². The first-order valence-corrected chi connectivity index (χ1v) is 7.15.